The normalized spacial score (nSPS) is 22.4. The standard InChI is InChI=1S/C18H26N4O3/c1-21(2)14-5-6-19-16(9-14)18(25)20-13-7-15(8-13)22(11-17(23)24)10-12-3-4-12/h5-6,9,12-13,15H,3-4,7-8,10-11H2,1-2H3,(H,20,25)(H,23,24). The third-order valence-corrected chi connectivity index (χ3v) is 4.99. The second-order valence-electron chi connectivity index (χ2n) is 7.36. The first-order valence-electron chi connectivity index (χ1n) is 8.82. The molecule has 3 rings (SSSR count). The summed E-state index contributed by atoms with van der Waals surface area (Å²) in [5.74, 6) is -0.289. The molecule has 2 aliphatic carbocycles. The lowest BCUT2D eigenvalue weighted by Gasteiger charge is -2.42. The minimum Gasteiger partial charge on any atom is -0.480 e. The van der Waals surface area contributed by atoms with Gasteiger partial charge in [0.05, 0.1) is 6.54 Å². The van der Waals surface area contributed by atoms with E-state index in [9.17, 15) is 9.59 Å². The van der Waals surface area contributed by atoms with Crippen LogP contribution in [0.4, 0.5) is 5.69 Å². The van der Waals surface area contributed by atoms with E-state index >= 15 is 0 Å². The summed E-state index contributed by atoms with van der Waals surface area (Å²) in [4.78, 5) is 31.6. The van der Waals surface area contributed by atoms with Crippen LogP contribution in [0.25, 0.3) is 0 Å². The van der Waals surface area contributed by atoms with Gasteiger partial charge >= 0.3 is 5.97 Å². The van der Waals surface area contributed by atoms with E-state index in [4.69, 9.17) is 5.11 Å². The van der Waals surface area contributed by atoms with Gasteiger partial charge in [0.25, 0.3) is 5.91 Å². The van der Waals surface area contributed by atoms with Crippen molar-refractivity contribution >= 4 is 17.6 Å². The number of aliphatic carboxylic acids is 1. The van der Waals surface area contributed by atoms with Gasteiger partial charge in [0.15, 0.2) is 0 Å². The number of pyridine rings is 1. The van der Waals surface area contributed by atoms with Crippen molar-refractivity contribution in [3.8, 4) is 0 Å². The molecule has 0 saturated heterocycles. The summed E-state index contributed by atoms with van der Waals surface area (Å²) in [6, 6.07) is 3.98. The Morgan fingerprint density at radius 1 is 1.32 bits per heavy atom. The molecule has 25 heavy (non-hydrogen) atoms. The number of carboxylic acids is 1. The number of hydrogen-bond donors (Lipinski definition) is 2. The molecule has 2 aliphatic rings. The molecular formula is C18H26N4O3. The molecular weight excluding hydrogens is 320 g/mol. The lowest BCUT2D eigenvalue weighted by molar-refractivity contribution is -0.139. The Kier molecular flexibility index (Phi) is 5.22. The van der Waals surface area contributed by atoms with Crippen LogP contribution >= 0.6 is 0 Å². The third-order valence-electron chi connectivity index (χ3n) is 4.99. The van der Waals surface area contributed by atoms with Crippen LogP contribution in [0.2, 0.25) is 0 Å². The maximum absolute atomic E-state index is 12.4. The molecule has 0 aliphatic heterocycles. The monoisotopic (exact) mass is 346 g/mol. The molecule has 0 aromatic carbocycles. The van der Waals surface area contributed by atoms with Gasteiger partial charge in [0, 0.05) is 44.6 Å². The molecule has 2 saturated carbocycles. The van der Waals surface area contributed by atoms with Crippen LogP contribution in [0, 0.1) is 5.92 Å². The van der Waals surface area contributed by atoms with Gasteiger partial charge in [0.1, 0.15) is 5.69 Å². The number of rotatable bonds is 8. The second kappa shape index (κ2) is 7.39. The molecule has 0 spiro atoms. The fraction of sp³-hybridized carbons (Fsp3) is 0.611. The highest BCUT2D eigenvalue weighted by Crippen LogP contribution is 2.33. The number of carbonyl (C=O) groups excluding carboxylic acids is 1. The van der Waals surface area contributed by atoms with Crippen LogP contribution in [-0.4, -0.2) is 66.1 Å². The molecule has 0 bridgehead atoms. The first-order chi connectivity index (χ1) is 11.9. The Balaban J connectivity index is 1.51. The molecule has 7 nitrogen and oxygen atoms in total. The third kappa shape index (κ3) is 4.69. The molecule has 0 atom stereocenters. The van der Waals surface area contributed by atoms with Gasteiger partial charge in [-0.25, -0.2) is 0 Å². The molecule has 7 heteroatoms. The van der Waals surface area contributed by atoms with Crippen LogP contribution in [0.3, 0.4) is 0 Å². The summed E-state index contributed by atoms with van der Waals surface area (Å²) in [5, 5.41) is 12.1. The number of anilines is 1. The van der Waals surface area contributed by atoms with Crippen molar-refractivity contribution in [1.82, 2.24) is 15.2 Å². The van der Waals surface area contributed by atoms with Gasteiger partial charge in [-0.1, -0.05) is 0 Å². The number of amides is 1. The molecule has 0 unspecified atom stereocenters. The van der Waals surface area contributed by atoms with Crippen LogP contribution in [-0.2, 0) is 4.79 Å². The Morgan fingerprint density at radius 3 is 2.64 bits per heavy atom. The van der Waals surface area contributed by atoms with E-state index in [1.165, 1.54) is 12.8 Å². The van der Waals surface area contributed by atoms with Crippen LogP contribution in [0.15, 0.2) is 18.3 Å². The van der Waals surface area contributed by atoms with Crippen LogP contribution < -0.4 is 10.2 Å². The van der Waals surface area contributed by atoms with Crippen molar-refractivity contribution in [3.05, 3.63) is 24.0 Å². The molecule has 1 heterocycles. The lowest BCUT2D eigenvalue weighted by atomic mass is 9.85. The van der Waals surface area contributed by atoms with E-state index in [1.54, 1.807) is 12.3 Å². The number of hydrogen-bond acceptors (Lipinski definition) is 5. The number of aromatic nitrogens is 1. The largest absolute Gasteiger partial charge is 0.480 e. The zero-order valence-electron chi connectivity index (χ0n) is 14.8. The summed E-state index contributed by atoms with van der Waals surface area (Å²) < 4.78 is 0. The van der Waals surface area contributed by atoms with Crippen molar-refractivity contribution < 1.29 is 14.7 Å². The minimum absolute atomic E-state index is 0.0915. The van der Waals surface area contributed by atoms with E-state index in [1.807, 2.05) is 25.1 Å². The lowest BCUT2D eigenvalue weighted by Crippen LogP contribution is -2.55. The molecule has 0 radical (unpaired) electrons. The predicted molar refractivity (Wildman–Crippen MR) is 94.8 cm³/mol. The number of nitrogens with zero attached hydrogens (tertiary/aromatic N) is 3. The summed E-state index contributed by atoms with van der Waals surface area (Å²) in [6.07, 6.45) is 5.66. The molecule has 2 fully saturated rings. The first kappa shape index (κ1) is 17.7. The van der Waals surface area contributed by atoms with E-state index in [0.717, 1.165) is 25.1 Å². The van der Waals surface area contributed by atoms with Gasteiger partial charge in [0.2, 0.25) is 0 Å². The van der Waals surface area contributed by atoms with E-state index in [2.05, 4.69) is 15.2 Å². The van der Waals surface area contributed by atoms with Crippen molar-refractivity contribution in [2.45, 2.75) is 37.8 Å². The zero-order chi connectivity index (χ0) is 18.0. The van der Waals surface area contributed by atoms with Gasteiger partial charge in [-0.05, 0) is 43.7 Å². The first-order valence-corrected chi connectivity index (χ1v) is 8.82. The van der Waals surface area contributed by atoms with Crippen LogP contribution in [0.1, 0.15) is 36.2 Å². The highest BCUT2D eigenvalue weighted by atomic mass is 16.4. The minimum atomic E-state index is -0.780. The average molecular weight is 346 g/mol. The van der Waals surface area contributed by atoms with Crippen molar-refractivity contribution in [2.75, 3.05) is 32.1 Å². The number of carbonyl (C=O) groups is 2. The number of nitrogens with one attached hydrogen (secondary N) is 1. The molecule has 1 aromatic rings. The molecule has 2 N–H and O–H groups in total. The molecule has 1 aromatic heterocycles. The summed E-state index contributed by atoms with van der Waals surface area (Å²) in [6.45, 7) is 0.957. The Labute approximate surface area is 148 Å². The van der Waals surface area contributed by atoms with Gasteiger partial charge in [-0.3, -0.25) is 19.5 Å². The maximum atomic E-state index is 12.4. The van der Waals surface area contributed by atoms with E-state index < -0.39 is 5.97 Å². The Morgan fingerprint density at radius 2 is 2.04 bits per heavy atom. The second-order valence-corrected chi connectivity index (χ2v) is 7.36. The highest BCUT2D eigenvalue weighted by molar-refractivity contribution is 5.93. The van der Waals surface area contributed by atoms with Crippen molar-refractivity contribution in [3.63, 3.8) is 0 Å². The fourth-order valence-electron chi connectivity index (χ4n) is 3.23. The van der Waals surface area contributed by atoms with E-state index in [0.29, 0.717) is 11.6 Å². The fourth-order valence-corrected chi connectivity index (χ4v) is 3.23. The summed E-state index contributed by atoms with van der Waals surface area (Å²) in [5.41, 5.74) is 1.35. The van der Waals surface area contributed by atoms with Crippen LogP contribution in [0.5, 0.6) is 0 Å². The van der Waals surface area contributed by atoms with Gasteiger partial charge in [-0.15, -0.1) is 0 Å². The Hall–Kier alpha value is -2.15. The summed E-state index contributed by atoms with van der Waals surface area (Å²) in [7, 11) is 3.84. The SMILES string of the molecule is CN(C)c1ccnc(C(=O)NC2CC(N(CC(=O)O)CC3CC3)C2)c1. The van der Waals surface area contributed by atoms with Gasteiger partial charge in [-0.2, -0.15) is 0 Å². The van der Waals surface area contributed by atoms with E-state index in [-0.39, 0.29) is 24.5 Å². The Bertz CT molecular complexity index is 639. The quantitative estimate of drug-likeness (QED) is 0.736. The van der Waals surface area contributed by atoms with Gasteiger partial charge < -0.3 is 15.3 Å². The summed E-state index contributed by atoms with van der Waals surface area (Å²) >= 11 is 0. The predicted octanol–water partition coefficient (Wildman–Crippen LogP) is 1.20. The average Bonchev–Trinajstić information content (AvgIpc) is 3.33. The molecule has 1 amide bonds. The maximum Gasteiger partial charge on any atom is 0.317 e. The molecule has 136 valence electrons. The zero-order valence-corrected chi connectivity index (χ0v) is 14.8. The van der Waals surface area contributed by atoms with Crippen molar-refractivity contribution in [1.29, 1.82) is 0 Å². The highest BCUT2D eigenvalue weighted by Gasteiger charge is 2.37. The van der Waals surface area contributed by atoms with Crippen molar-refractivity contribution in [2.24, 2.45) is 5.92 Å². The smallest absolute Gasteiger partial charge is 0.317 e. The number of carboxylic acid groups (broad SMARTS) is 1. The topological polar surface area (TPSA) is 85.8 Å².